The second-order valence-corrected chi connectivity index (χ2v) is 7.15. The topological polar surface area (TPSA) is 79.5 Å². The fraction of sp³-hybridized carbons (Fsp3) is 0.286. The van der Waals surface area contributed by atoms with Crippen molar-refractivity contribution in [1.82, 2.24) is 4.72 Å². The van der Waals surface area contributed by atoms with E-state index in [0.717, 1.165) is 10.0 Å². The molecule has 0 amide bonds. The Morgan fingerprint density at radius 2 is 1.90 bits per heavy atom. The van der Waals surface area contributed by atoms with Crippen molar-refractivity contribution in [2.75, 3.05) is 0 Å². The van der Waals surface area contributed by atoms with Crippen LogP contribution in [0.1, 0.15) is 22.6 Å². The fourth-order valence-corrected chi connectivity index (χ4v) is 4.00. The lowest BCUT2D eigenvalue weighted by atomic mass is 10.2. The van der Waals surface area contributed by atoms with Crippen LogP contribution in [0.4, 0.5) is 0 Å². The Bertz CT molecular complexity index is 752. The van der Waals surface area contributed by atoms with Gasteiger partial charge in [0, 0.05) is 16.6 Å². The molecule has 7 heteroatoms. The highest BCUT2D eigenvalue weighted by Crippen LogP contribution is 2.27. The van der Waals surface area contributed by atoms with E-state index in [0.29, 0.717) is 11.3 Å². The van der Waals surface area contributed by atoms with Crippen LogP contribution in [0.5, 0.6) is 0 Å². The van der Waals surface area contributed by atoms with Gasteiger partial charge in [-0.2, -0.15) is 0 Å². The molecule has 21 heavy (non-hydrogen) atoms. The van der Waals surface area contributed by atoms with Crippen molar-refractivity contribution < 1.29 is 17.9 Å². The molecule has 1 heterocycles. The zero-order valence-corrected chi connectivity index (χ0v) is 14.1. The summed E-state index contributed by atoms with van der Waals surface area (Å²) in [5.74, 6) is 0.687. The molecule has 5 nitrogen and oxygen atoms in total. The van der Waals surface area contributed by atoms with Crippen LogP contribution in [0.15, 0.2) is 38.1 Å². The van der Waals surface area contributed by atoms with E-state index in [2.05, 4.69) is 20.7 Å². The second-order valence-electron chi connectivity index (χ2n) is 4.60. The van der Waals surface area contributed by atoms with Crippen LogP contribution in [0.2, 0.25) is 0 Å². The van der Waals surface area contributed by atoms with E-state index in [4.69, 9.17) is 4.42 Å². The van der Waals surface area contributed by atoms with E-state index >= 15 is 0 Å². The molecule has 0 atom stereocenters. The van der Waals surface area contributed by atoms with Crippen LogP contribution in [0, 0.1) is 13.8 Å². The first kappa shape index (κ1) is 16.2. The van der Waals surface area contributed by atoms with Crippen molar-refractivity contribution in [2.24, 2.45) is 0 Å². The Hall–Kier alpha value is -1.15. The monoisotopic (exact) mass is 373 g/mol. The number of nitrogens with one attached hydrogen (secondary N) is 1. The van der Waals surface area contributed by atoms with E-state index in [-0.39, 0.29) is 23.8 Å². The highest BCUT2D eigenvalue weighted by molar-refractivity contribution is 9.10. The van der Waals surface area contributed by atoms with Gasteiger partial charge in [-0.05, 0) is 25.5 Å². The summed E-state index contributed by atoms with van der Waals surface area (Å²) in [5, 5.41) is 9.35. The lowest BCUT2D eigenvalue weighted by molar-refractivity contribution is 0.276. The molecule has 114 valence electrons. The summed E-state index contributed by atoms with van der Waals surface area (Å²) in [7, 11) is -3.75. The van der Waals surface area contributed by atoms with E-state index in [1.807, 2.05) is 24.3 Å². The van der Waals surface area contributed by atoms with Crippen molar-refractivity contribution in [3.05, 3.63) is 51.4 Å². The first-order valence-electron chi connectivity index (χ1n) is 6.29. The molecule has 0 saturated carbocycles. The van der Waals surface area contributed by atoms with Gasteiger partial charge in [0.1, 0.15) is 16.4 Å². The average molecular weight is 374 g/mol. The minimum atomic E-state index is -3.75. The number of hydrogen-bond acceptors (Lipinski definition) is 4. The number of aryl methyl sites for hydroxylation is 2. The van der Waals surface area contributed by atoms with E-state index in [1.165, 1.54) is 0 Å². The highest BCUT2D eigenvalue weighted by Gasteiger charge is 2.26. The number of hydrogen-bond donors (Lipinski definition) is 2. The molecule has 2 aromatic rings. The summed E-state index contributed by atoms with van der Waals surface area (Å²) < 4.78 is 33.5. The standard InChI is InChI=1S/C14H16BrNO4S/c1-9-12(8-17)14(10(2)20-9)21(18,19)16-7-11-5-3-4-6-13(11)15/h3-6,16-17H,7-8H2,1-2H3. The predicted octanol–water partition coefficient (Wildman–Crippen LogP) is 2.63. The van der Waals surface area contributed by atoms with Gasteiger partial charge in [0.15, 0.2) is 0 Å². The lowest BCUT2D eigenvalue weighted by Crippen LogP contribution is -2.24. The maximum atomic E-state index is 12.4. The Labute approximate surface area is 132 Å². The maximum Gasteiger partial charge on any atom is 0.244 e. The fourth-order valence-electron chi connectivity index (χ4n) is 2.13. The van der Waals surface area contributed by atoms with Crippen molar-refractivity contribution in [3.63, 3.8) is 0 Å². The summed E-state index contributed by atoms with van der Waals surface area (Å²) in [4.78, 5) is 0.0227. The third-order valence-corrected chi connectivity index (χ3v) is 5.53. The van der Waals surface area contributed by atoms with Crippen molar-refractivity contribution in [2.45, 2.75) is 31.9 Å². The molecule has 0 spiro atoms. The Kier molecular flexibility index (Phi) is 4.88. The predicted molar refractivity (Wildman–Crippen MR) is 82.3 cm³/mol. The maximum absolute atomic E-state index is 12.4. The van der Waals surface area contributed by atoms with Gasteiger partial charge >= 0.3 is 0 Å². The summed E-state index contributed by atoms with van der Waals surface area (Å²) in [6.07, 6.45) is 0. The lowest BCUT2D eigenvalue weighted by Gasteiger charge is -2.09. The van der Waals surface area contributed by atoms with Crippen molar-refractivity contribution in [3.8, 4) is 0 Å². The molecule has 0 bridgehead atoms. The average Bonchev–Trinajstić information content (AvgIpc) is 2.72. The van der Waals surface area contributed by atoms with Crippen LogP contribution in [0.25, 0.3) is 0 Å². The van der Waals surface area contributed by atoms with Crippen LogP contribution in [-0.4, -0.2) is 13.5 Å². The zero-order chi connectivity index (χ0) is 15.6. The van der Waals surface area contributed by atoms with Crippen LogP contribution < -0.4 is 4.72 Å². The largest absolute Gasteiger partial charge is 0.465 e. The van der Waals surface area contributed by atoms with Gasteiger partial charge in [-0.3, -0.25) is 0 Å². The minimum Gasteiger partial charge on any atom is -0.465 e. The summed E-state index contributed by atoms with van der Waals surface area (Å²) >= 11 is 3.37. The molecule has 0 fully saturated rings. The molecule has 0 aliphatic heterocycles. The first-order valence-corrected chi connectivity index (χ1v) is 8.57. The molecule has 0 radical (unpaired) electrons. The molecule has 0 aliphatic carbocycles. The molecule has 0 unspecified atom stereocenters. The zero-order valence-electron chi connectivity index (χ0n) is 11.7. The molecule has 2 N–H and O–H groups in total. The number of aliphatic hydroxyl groups excluding tert-OH is 1. The minimum absolute atomic E-state index is 0.0227. The third-order valence-electron chi connectivity index (χ3n) is 3.16. The third kappa shape index (κ3) is 3.37. The van der Waals surface area contributed by atoms with Crippen LogP contribution in [-0.2, 0) is 23.2 Å². The molecule has 2 rings (SSSR count). The molecule has 0 saturated heterocycles. The number of furan rings is 1. The van der Waals surface area contributed by atoms with E-state index in [9.17, 15) is 13.5 Å². The molecule has 1 aromatic heterocycles. The number of halogens is 1. The number of rotatable bonds is 5. The van der Waals surface area contributed by atoms with Gasteiger partial charge < -0.3 is 9.52 Å². The summed E-state index contributed by atoms with van der Waals surface area (Å²) in [6.45, 7) is 2.97. The first-order chi connectivity index (χ1) is 9.86. The van der Waals surface area contributed by atoms with E-state index in [1.54, 1.807) is 13.8 Å². The highest BCUT2D eigenvalue weighted by atomic mass is 79.9. The quantitative estimate of drug-likeness (QED) is 0.843. The van der Waals surface area contributed by atoms with E-state index < -0.39 is 10.0 Å². The van der Waals surface area contributed by atoms with Crippen molar-refractivity contribution in [1.29, 1.82) is 0 Å². The van der Waals surface area contributed by atoms with Gasteiger partial charge in [0.2, 0.25) is 10.0 Å². The normalized spacial score (nSPS) is 11.8. The molecular weight excluding hydrogens is 358 g/mol. The number of aliphatic hydroxyl groups is 1. The number of benzene rings is 1. The molecular formula is C14H16BrNO4S. The van der Waals surface area contributed by atoms with Gasteiger partial charge in [-0.25, -0.2) is 13.1 Å². The summed E-state index contributed by atoms with van der Waals surface area (Å²) in [5.41, 5.74) is 1.12. The van der Waals surface area contributed by atoms with Crippen LogP contribution in [0.3, 0.4) is 0 Å². The SMILES string of the molecule is Cc1oc(C)c(S(=O)(=O)NCc2ccccc2Br)c1CO. The van der Waals surface area contributed by atoms with Gasteiger partial charge in [-0.15, -0.1) is 0 Å². The van der Waals surface area contributed by atoms with Gasteiger partial charge in [0.05, 0.1) is 6.61 Å². The van der Waals surface area contributed by atoms with Gasteiger partial charge in [-0.1, -0.05) is 34.1 Å². The summed E-state index contributed by atoms with van der Waals surface area (Å²) in [6, 6.07) is 7.36. The van der Waals surface area contributed by atoms with Crippen molar-refractivity contribution >= 4 is 26.0 Å². The smallest absolute Gasteiger partial charge is 0.244 e. The molecule has 1 aromatic carbocycles. The van der Waals surface area contributed by atoms with Gasteiger partial charge in [0.25, 0.3) is 0 Å². The Morgan fingerprint density at radius 3 is 2.52 bits per heavy atom. The number of sulfonamides is 1. The molecule has 0 aliphatic rings. The second kappa shape index (κ2) is 6.31. The van der Waals surface area contributed by atoms with Crippen LogP contribution >= 0.6 is 15.9 Å². The Morgan fingerprint density at radius 1 is 1.24 bits per heavy atom. The Balaban J connectivity index is 2.30.